The van der Waals surface area contributed by atoms with Crippen molar-refractivity contribution in [2.45, 2.75) is 61.9 Å². The number of nitrogens with one attached hydrogen (secondary N) is 1. The Labute approximate surface area is 218 Å². The summed E-state index contributed by atoms with van der Waals surface area (Å²) in [7, 11) is -1.79. The second kappa shape index (κ2) is 11.1. The van der Waals surface area contributed by atoms with Gasteiger partial charge in [-0.2, -0.15) is 5.26 Å². The Balaban J connectivity index is 1.55. The predicted molar refractivity (Wildman–Crippen MR) is 145 cm³/mol. The van der Waals surface area contributed by atoms with Gasteiger partial charge in [0.1, 0.15) is 16.9 Å². The number of hydrogen-bond donors (Lipinski definition) is 1. The minimum atomic E-state index is -3.32. The standard InChI is InChI=1S/C26H32N6O2S2/c1-5-22-23(16-27)26(35-17-18-6-10-21(11-7-18)31(3)36(4,33)34)30-25(24(22)28-2)32-14-12-20(13-15-32)29-19-8-9-19/h6-7,10-11,19-20,29H,5,8-9,12-15,17H2,1,3-4H3. The van der Waals surface area contributed by atoms with Gasteiger partial charge in [-0.25, -0.2) is 18.2 Å². The molecule has 10 heteroatoms. The van der Waals surface area contributed by atoms with Gasteiger partial charge < -0.3 is 10.2 Å². The number of sulfonamides is 1. The van der Waals surface area contributed by atoms with Crippen LogP contribution in [0, 0.1) is 17.9 Å². The lowest BCUT2D eigenvalue weighted by molar-refractivity contribution is 0.411. The van der Waals surface area contributed by atoms with Crippen LogP contribution in [0.1, 0.15) is 49.3 Å². The molecule has 0 unspecified atom stereocenters. The highest BCUT2D eigenvalue weighted by Gasteiger charge is 2.29. The first-order valence-electron chi connectivity index (χ1n) is 12.3. The van der Waals surface area contributed by atoms with Crippen molar-refractivity contribution < 1.29 is 8.42 Å². The monoisotopic (exact) mass is 524 g/mol. The molecule has 8 nitrogen and oxygen atoms in total. The molecule has 36 heavy (non-hydrogen) atoms. The summed E-state index contributed by atoms with van der Waals surface area (Å²) in [5.74, 6) is 1.27. The molecule has 0 radical (unpaired) electrons. The number of aromatic nitrogens is 1. The molecule has 0 spiro atoms. The van der Waals surface area contributed by atoms with Crippen molar-refractivity contribution >= 4 is 39.0 Å². The lowest BCUT2D eigenvalue weighted by Gasteiger charge is -2.34. The molecule has 0 bridgehead atoms. The number of nitriles is 1. The molecule has 190 valence electrons. The van der Waals surface area contributed by atoms with Crippen LogP contribution in [0.25, 0.3) is 4.85 Å². The number of hydrogen-bond acceptors (Lipinski definition) is 7. The molecule has 0 atom stereocenters. The summed E-state index contributed by atoms with van der Waals surface area (Å²) >= 11 is 1.48. The first-order valence-corrected chi connectivity index (χ1v) is 15.1. The quantitative estimate of drug-likeness (QED) is 0.382. The van der Waals surface area contributed by atoms with Gasteiger partial charge in [-0.15, -0.1) is 11.8 Å². The Hall–Kier alpha value is -2.79. The van der Waals surface area contributed by atoms with Gasteiger partial charge in [0.25, 0.3) is 0 Å². The summed E-state index contributed by atoms with van der Waals surface area (Å²) in [6, 6.07) is 10.8. The van der Waals surface area contributed by atoms with Crippen LogP contribution in [0.15, 0.2) is 29.3 Å². The van der Waals surface area contributed by atoms with E-state index in [1.54, 1.807) is 12.1 Å². The van der Waals surface area contributed by atoms with E-state index in [1.165, 1.54) is 42.2 Å². The van der Waals surface area contributed by atoms with Crippen LogP contribution in [0.4, 0.5) is 17.2 Å². The van der Waals surface area contributed by atoms with Gasteiger partial charge in [-0.05, 0) is 55.4 Å². The summed E-state index contributed by atoms with van der Waals surface area (Å²) in [6.07, 6.45) is 6.36. The van der Waals surface area contributed by atoms with Crippen molar-refractivity contribution in [2.24, 2.45) is 0 Å². The van der Waals surface area contributed by atoms with Crippen molar-refractivity contribution in [3.63, 3.8) is 0 Å². The van der Waals surface area contributed by atoms with Crippen LogP contribution in [0.2, 0.25) is 0 Å². The molecular formula is C26H32N6O2S2. The van der Waals surface area contributed by atoms with Gasteiger partial charge in [-0.3, -0.25) is 4.31 Å². The molecule has 1 saturated heterocycles. The molecule has 2 heterocycles. The molecule has 2 aliphatic rings. The Morgan fingerprint density at radius 1 is 1.22 bits per heavy atom. The van der Waals surface area contributed by atoms with E-state index in [1.807, 2.05) is 19.1 Å². The zero-order chi connectivity index (χ0) is 25.9. The first kappa shape index (κ1) is 26.3. The molecular weight excluding hydrogens is 492 g/mol. The average Bonchev–Trinajstić information content (AvgIpc) is 3.70. The summed E-state index contributed by atoms with van der Waals surface area (Å²) in [6.45, 7) is 11.5. The minimum Gasteiger partial charge on any atom is -0.365 e. The highest BCUT2D eigenvalue weighted by atomic mass is 32.2. The van der Waals surface area contributed by atoms with Crippen LogP contribution >= 0.6 is 11.8 Å². The minimum absolute atomic E-state index is 0.482. The zero-order valence-corrected chi connectivity index (χ0v) is 22.6. The SMILES string of the molecule is [C-]#[N+]c1c(N2CCC(NC3CC3)CC2)nc(SCc2ccc(N(C)S(C)(=O)=O)cc2)c(C#N)c1CC. The molecule has 1 saturated carbocycles. The maximum atomic E-state index is 11.8. The molecule has 2 aromatic rings. The molecule has 1 aromatic carbocycles. The Morgan fingerprint density at radius 3 is 2.39 bits per heavy atom. The Bertz CT molecular complexity index is 1290. The third-order valence-electron chi connectivity index (χ3n) is 6.81. The Kier molecular flexibility index (Phi) is 8.09. The first-order chi connectivity index (χ1) is 17.2. The number of piperidine rings is 1. The van der Waals surface area contributed by atoms with Gasteiger partial charge >= 0.3 is 0 Å². The van der Waals surface area contributed by atoms with E-state index < -0.39 is 10.0 Å². The van der Waals surface area contributed by atoms with Crippen molar-refractivity contribution in [1.29, 1.82) is 5.26 Å². The van der Waals surface area contributed by atoms with E-state index in [9.17, 15) is 13.7 Å². The van der Waals surface area contributed by atoms with Crippen molar-refractivity contribution in [1.82, 2.24) is 10.3 Å². The third kappa shape index (κ3) is 5.95. The van der Waals surface area contributed by atoms with Gasteiger partial charge in [-0.1, -0.05) is 19.1 Å². The van der Waals surface area contributed by atoms with E-state index in [0.29, 0.717) is 52.0 Å². The highest BCUT2D eigenvalue weighted by molar-refractivity contribution is 7.98. The van der Waals surface area contributed by atoms with E-state index >= 15 is 0 Å². The van der Waals surface area contributed by atoms with E-state index in [0.717, 1.165) is 37.1 Å². The Morgan fingerprint density at radius 2 is 1.86 bits per heavy atom. The summed E-state index contributed by atoms with van der Waals surface area (Å²) in [4.78, 5) is 10.9. The largest absolute Gasteiger partial charge is 0.365 e. The van der Waals surface area contributed by atoms with E-state index in [4.69, 9.17) is 11.6 Å². The highest BCUT2D eigenvalue weighted by Crippen LogP contribution is 2.40. The molecule has 1 aliphatic carbocycles. The predicted octanol–water partition coefficient (Wildman–Crippen LogP) is 4.48. The molecule has 1 aliphatic heterocycles. The number of benzene rings is 1. The molecule has 4 rings (SSSR count). The smallest absolute Gasteiger partial charge is 0.232 e. The van der Waals surface area contributed by atoms with Crippen LogP contribution in [0.5, 0.6) is 0 Å². The topological polar surface area (TPSA) is 93.7 Å². The zero-order valence-electron chi connectivity index (χ0n) is 21.0. The molecule has 1 N–H and O–H groups in total. The summed E-state index contributed by atoms with van der Waals surface area (Å²) < 4.78 is 24.8. The van der Waals surface area contributed by atoms with Gasteiger partial charge in [0.05, 0.1) is 24.1 Å². The van der Waals surface area contributed by atoms with E-state index in [2.05, 4.69) is 21.1 Å². The lowest BCUT2D eigenvalue weighted by Crippen LogP contribution is -2.43. The van der Waals surface area contributed by atoms with Crippen LogP contribution in [-0.4, -0.2) is 51.9 Å². The van der Waals surface area contributed by atoms with E-state index in [-0.39, 0.29) is 0 Å². The third-order valence-corrected chi connectivity index (χ3v) is 9.07. The van der Waals surface area contributed by atoms with Crippen LogP contribution in [-0.2, 0) is 22.2 Å². The number of rotatable bonds is 9. The fraction of sp³-hybridized carbons (Fsp3) is 0.500. The van der Waals surface area contributed by atoms with Gasteiger partial charge in [0.15, 0.2) is 0 Å². The van der Waals surface area contributed by atoms with Gasteiger partial charge in [0, 0.05) is 38.0 Å². The average molecular weight is 525 g/mol. The maximum absolute atomic E-state index is 11.8. The normalized spacial score (nSPS) is 16.4. The number of thioether (sulfide) groups is 1. The number of nitrogens with zero attached hydrogens (tertiary/aromatic N) is 5. The number of anilines is 2. The fourth-order valence-corrected chi connectivity index (χ4v) is 5.94. The second-order valence-corrected chi connectivity index (χ2v) is 12.4. The summed E-state index contributed by atoms with van der Waals surface area (Å²) in [5.41, 5.74) is 3.34. The van der Waals surface area contributed by atoms with Crippen molar-refractivity contribution in [3.8, 4) is 6.07 Å². The summed E-state index contributed by atoms with van der Waals surface area (Å²) in [5, 5.41) is 14.3. The van der Waals surface area contributed by atoms with Gasteiger partial charge in [0.2, 0.25) is 15.7 Å². The molecule has 0 amide bonds. The van der Waals surface area contributed by atoms with Crippen LogP contribution < -0.4 is 14.5 Å². The molecule has 1 aromatic heterocycles. The lowest BCUT2D eigenvalue weighted by atomic mass is 10.0. The maximum Gasteiger partial charge on any atom is 0.232 e. The van der Waals surface area contributed by atoms with Crippen molar-refractivity contribution in [2.75, 3.05) is 35.6 Å². The number of pyridine rings is 1. The second-order valence-electron chi connectivity index (χ2n) is 9.41. The fourth-order valence-electron chi connectivity index (χ4n) is 4.48. The van der Waals surface area contributed by atoms with Crippen LogP contribution in [0.3, 0.4) is 0 Å². The van der Waals surface area contributed by atoms with Crippen molar-refractivity contribution in [3.05, 3.63) is 52.4 Å². The molecule has 2 fully saturated rings.